The van der Waals surface area contributed by atoms with Crippen LogP contribution in [-0.4, -0.2) is 41.8 Å². The number of nitrogens with one attached hydrogen (secondary N) is 2. The molecule has 0 aromatic carbocycles. The number of nitrogens with zero attached hydrogens (tertiary/aromatic N) is 2. The van der Waals surface area contributed by atoms with Crippen molar-refractivity contribution in [2.75, 3.05) is 18.0 Å². The number of aromatic amines is 1. The maximum atomic E-state index is 11.2. The lowest BCUT2D eigenvalue weighted by Gasteiger charge is -2.00. The summed E-state index contributed by atoms with van der Waals surface area (Å²) >= 11 is 0. The van der Waals surface area contributed by atoms with Crippen LogP contribution in [0.15, 0.2) is 0 Å². The van der Waals surface area contributed by atoms with E-state index in [1.165, 1.54) is 0 Å². The van der Waals surface area contributed by atoms with Gasteiger partial charge >= 0.3 is 0 Å². The van der Waals surface area contributed by atoms with Gasteiger partial charge in [0.2, 0.25) is 21.8 Å². The van der Waals surface area contributed by atoms with Gasteiger partial charge in [-0.05, 0) is 0 Å². The van der Waals surface area contributed by atoms with Crippen LogP contribution in [0.4, 0.5) is 5.95 Å². The third-order valence-electron chi connectivity index (χ3n) is 1.39. The number of nitrogens with two attached hydrogens (primary N) is 2. The number of hydrogen-bond acceptors (Lipinski definition) is 6. The highest BCUT2D eigenvalue weighted by Crippen LogP contribution is 1.91. The van der Waals surface area contributed by atoms with Crippen molar-refractivity contribution < 1.29 is 13.2 Å². The second-order valence-electron chi connectivity index (χ2n) is 2.67. The van der Waals surface area contributed by atoms with Crippen molar-refractivity contribution in [2.45, 2.75) is 0 Å². The summed E-state index contributed by atoms with van der Waals surface area (Å²) in [5, 5.41) is 12.7. The van der Waals surface area contributed by atoms with Gasteiger partial charge in [0, 0.05) is 6.54 Å². The molecule has 0 fully saturated rings. The number of rotatable bonds is 4. The fourth-order valence-corrected chi connectivity index (χ4v) is 1.15. The Bertz CT molecular complexity index is 451. The first kappa shape index (κ1) is 11.4. The zero-order valence-corrected chi connectivity index (χ0v) is 8.41. The lowest BCUT2D eigenvalue weighted by Crippen LogP contribution is -2.32. The summed E-state index contributed by atoms with van der Waals surface area (Å²) in [6.07, 6.45) is 0. The smallest absolute Gasteiger partial charge is 0.288 e. The van der Waals surface area contributed by atoms with Gasteiger partial charge in [0.25, 0.3) is 5.91 Å². The standard InChI is InChI=1S/C5H10N6O3S/c6-5-9-3(10-11-5)4(12)8-1-2-15(7,13)14/h1-2H2,(H,8,12)(H2,7,13,14)(H3,6,9,10,11). The summed E-state index contributed by atoms with van der Waals surface area (Å²) < 4.78 is 21.0. The number of carbonyl (C=O) groups excluding carboxylic acids is 1. The van der Waals surface area contributed by atoms with Gasteiger partial charge in [0.05, 0.1) is 5.75 Å². The summed E-state index contributed by atoms with van der Waals surface area (Å²) in [5.41, 5.74) is 5.16. The van der Waals surface area contributed by atoms with Gasteiger partial charge < -0.3 is 11.1 Å². The first-order valence-electron chi connectivity index (χ1n) is 3.85. The molecule has 1 aromatic rings. The molecule has 0 bridgehead atoms. The van der Waals surface area contributed by atoms with E-state index in [2.05, 4.69) is 20.5 Å². The van der Waals surface area contributed by atoms with Gasteiger partial charge in [-0.1, -0.05) is 0 Å². The highest BCUT2D eigenvalue weighted by molar-refractivity contribution is 7.89. The minimum atomic E-state index is -3.58. The van der Waals surface area contributed by atoms with Crippen molar-refractivity contribution in [1.29, 1.82) is 0 Å². The number of amides is 1. The minimum Gasteiger partial charge on any atom is -0.366 e. The van der Waals surface area contributed by atoms with E-state index in [4.69, 9.17) is 10.9 Å². The molecule has 0 radical (unpaired) electrons. The number of sulfonamides is 1. The molecule has 15 heavy (non-hydrogen) atoms. The molecule has 0 saturated carbocycles. The van der Waals surface area contributed by atoms with E-state index in [9.17, 15) is 13.2 Å². The third kappa shape index (κ3) is 3.91. The summed E-state index contributed by atoms with van der Waals surface area (Å²) in [7, 11) is -3.58. The SMILES string of the molecule is Nc1n[nH]c(C(=O)NCCS(N)(=O)=O)n1. The quantitative estimate of drug-likeness (QED) is 0.447. The van der Waals surface area contributed by atoms with Crippen LogP contribution in [0.25, 0.3) is 0 Å². The van der Waals surface area contributed by atoms with Gasteiger partial charge in [-0.25, -0.2) is 13.6 Å². The first-order chi connectivity index (χ1) is 6.88. The van der Waals surface area contributed by atoms with Crippen molar-refractivity contribution in [3.63, 3.8) is 0 Å². The zero-order chi connectivity index (χ0) is 11.5. The molecular formula is C5H10N6O3S. The molecule has 0 aliphatic rings. The fraction of sp³-hybridized carbons (Fsp3) is 0.400. The monoisotopic (exact) mass is 234 g/mol. The molecule has 6 N–H and O–H groups in total. The van der Waals surface area contributed by atoms with E-state index in [0.717, 1.165) is 0 Å². The number of aromatic nitrogens is 3. The van der Waals surface area contributed by atoms with Crippen molar-refractivity contribution >= 4 is 21.9 Å². The average Bonchev–Trinajstić information content (AvgIpc) is 2.49. The Hall–Kier alpha value is -1.68. The molecule has 1 rings (SSSR count). The fourth-order valence-electron chi connectivity index (χ4n) is 0.767. The Morgan fingerprint density at radius 1 is 1.53 bits per heavy atom. The maximum absolute atomic E-state index is 11.2. The second kappa shape index (κ2) is 4.23. The van der Waals surface area contributed by atoms with Crippen molar-refractivity contribution in [3.05, 3.63) is 5.82 Å². The van der Waals surface area contributed by atoms with E-state index < -0.39 is 15.9 Å². The zero-order valence-electron chi connectivity index (χ0n) is 7.60. The highest BCUT2D eigenvalue weighted by atomic mass is 32.2. The van der Waals surface area contributed by atoms with E-state index in [0.29, 0.717) is 0 Å². The summed E-state index contributed by atoms with van der Waals surface area (Å²) in [5.74, 6) is -1.08. The van der Waals surface area contributed by atoms with Crippen molar-refractivity contribution in [2.24, 2.45) is 5.14 Å². The second-order valence-corrected chi connectivity index (χ2v) is 4.40. The Balaban J connectivity index is 2.44. The molecule has 0 unspecified atom stereocenters. The molecule has 10 heteroatoms. The van der Waals surface area contributed by atoms with Crippen LogP contribution in [0.3, 0.4) is 0 Å². The Kier molecular flexibility index (Phi) is 3.21. The van der Waals surface area contributed by atoms with Crippen LogP contribution in [0.2, 0.25) is 0 Å². The Morgan fingerprint density at radius 3 is 2.67 bits per heavy atom. The van der Waals surface area contributed by atoms with E-state index >= 15 is 0 Å². The van der Waals surface area contributed by atoms with Gasteiger partial charge in [0.15, 0.2) is 0 Å². The molecule has 0 atom stereocenters. The maximum Gasteiger partial charge on any atom is 0.288 e. The minimum absolute atomic E-state index is 0.0633. The Morgan fingerprint density at radius 2 is 2.20 bits per heavy atom. The number of anilines is 1. The lowest BCUT2D eigenvalue weighted by atomic mass is 10.5. The molecule has 0 spiro atoms. The molecule has 9 nitrogen and oxygen atoms in total. The average molecular weight is 234 g/mol. The molecule has 84 valence electrons. The molecule has 1 aromatic heterocycles. The van der Waals surface area contributed by atoms with E-state index in [1.54, 1.807) is 0 Å². The van der Waals surface area contributed by atoms with Crippen LogP contribution < -0.4 is 16.2 Å². The molecule has 1 heterocycles. The lowest BCUT2D eigenvalue weighted by molar-refractivity contribution is 0.0946. The van der Waals surface area contributed by atoms with Crippen molar-refractivity contribution in [3.8, 4) is 0 Å². The van der Waals surface area contributed by atoms with Crippen LogP contribution >= 0.6 is 0 Å². The molecule has 1 amide bonds. The predicted octanol–water partition coefficient (Wildman–Crippen LogP) is -2.59. The van der Waals surface area contributed by atoms with E-state index in [1.807, 2.05) is 0 Å². The summed E-state index contributed by atoms with van der Waals surface area (Å²) in [6, 6.07) is 0. The number of carbonyl (C=O) groups is 1. The van der Waals surface area contributed by atoms with Crippen LogP contribution in [0, 0.1) is 0 Å². The predicted molar refractivity (Wildman–Crippen MR) is 51.1 cm³/mol. The van der Waals surface area contributed by atoms with Crippen LogP contribution in [-0.2, 0) is 10.0 Å². The van der Waals surface area contributed by atoms with Crippen molar-refractivity contribution in [1.82, 2.24) is 20.5 Å². The first-order valence-corrected chi connectivity index (χ1v) is 5.56. The molecule has 0 aliphatic carbocycles. The van der Waals surface area contributed by atoms with Gasteiger partial charge in [-0.15, -0.1) is 5.10 Å². The molecular weight excluding hydrogens is 224 g/mol. The molecule has 0 aliphatic heterocycles. The topological polar surface area (TPSA) is 157 Å². The van der Waals surface area contributed by atoms with Gasteiger partial charge in [-0.3, -0.25) is 9.89 Å². The van der Waals surface area contributed by atoms with Crippen LogP contribution in [0.1, 0.15) is 10.6 Å². The van der Waals surface area contributed by atoms with Crippen LogP contribution in [0.5, 0.6) is 0 Å². The Labute approximate surface area is 85.3 Å². The number of nitrogen functional groups attached to an aromatic ring is 1. The number of primary sulfonamides is 1. The number of H-pyrrole nitrogens is 1. The summed E-state index contributed by atoms with van der Waals surface area (Å²) in [4.78, 5) is 14.8. The van der Waals surface area contributed by atoms with E-state index in [-0.39, 0.29) is 24.1 Å². The highest BCUT2D eigenvalue weighted by Gasteiger charge is 2.11. The summed E-state index contributed by atoms with van der Waals surface area (Å²) in [6.45, 7) is -0.0989. The molecule has 0 saturated heterocycles. The van der Waals surface area contributed by atoms with Gasteiger partial charge in [-0.2, -0.15) is 4.98 Å². The third-order valence-corrected chi connectivity index (χ3v) is 2.16. The number of hydrogen-bond donors (Lipinski definition) is 4. The normalized spacial score (nSPS) is 11.3. The largest absolute Gasteiger partial charge is 0.366 e. The van der Waals surface area contributed by atoms with Gasteiger partial charge in [0.1, 0.15) is 0 Å².